The van der Waals surface area contributed by atoms with Gasteiger partial charge in [-0.05, 0) is 56.3 Å². The van der Waals surface area contributed by atoms with Gasteiger partial charge in [-0.15, -0.1) is 0 Å². The second-order valence-corrected chi connectivity index (χ2v) is 8.00. The third kappa shape index (κ3) is 4.61. The van der Waals surface area contributed by atoms with Gasteiger partial charge < -0.3 is 28.7 Å². The molecule has 0 spiro atoms. The summed E-state index contributed by atoms with van der Waals surface area (Å²) < 4.78 is 28.0. The average molecular weight is 463 g/mol. The van der Waals surface area contributed by atoms with Crippen LogP contribution in [0.5, 0.6) is 23.0 Å². The monoisotopic (exact) mass is 462 g/mol. The molecule has 8 heteroatoms. The Bertz CT molecular complexity index is 1290. The van der Waals surface area contributed by atoms with Gasteiger partial charge in [-0.25, -0.2) is 4.98 Å². The molecule has 0 unspecified atom stereocenters. The van der Waals surface area contributed by atoms with Crippen LogP contribution < -0.4 is 24.3 Å². The number of anilines is 1. The van der Waals surface area contributed by atoms with Crippen molar-refractivity contribution in [3.63, 3.8) is 0 Å². The second-order valence-electron chi connectivity index (χ2n) is 8.00. The Morgan fingerprint density at radius 1 is 0.912 bits per heavy atom. The van der Waals surface area contributed by atoms with Gasteiger partial charge in [0, 0.05) is 11.3 Å². The molecule has 8 nitrogen and oxygen atoms in total. The largest absolute Gasteiger partial charge is 0.493 e. The van der Waals surface area contributed by atoms with E-state index >= 15 is 0 Å². The Morgan fingerprint density at radius 2 is 1.59 bits per heavy atom. The molecule has 1 N–H and O–H groups in total. The number of para-hydroxylation sites is 1. The van der Waals surface area contributed by atoms with Gasteiger partial charge in [-0.2, -0.15) is 0 Å². The smallest absolute Gasteiger partial charge is 0.267 e. The number of rotatable bonds is 8. The molecular weight excluding hydrogens is 436 g/mol. The molecule has 1 aromatic heterocycles. The first kappa shape index (κ1) is 23.0. The summed E-state index contributed by atoms with van der Waals surface area (Å²) in [5.74, 6) is 2.18. The highest BCUT2D eigenvalue weighted by molar-refractivity contribution is 5.98. The van der Waals surface area contributed by atoms with Gasteiger partial charge in [-0.1, -0.05) is 18.2 Å². The number of oxazole rings is 1. The van der Waals surface area contributed by atoms with Gasteiger partial charge in [0.2, 0.25) is 11.6 Å². The summed E-state index contributed by atoms with van der Waals surface area (Å²) in [5, 5.41) is 2.89. The lowest BCUT2D eigenvalue weighted by Gasteiger charge is -2.25. The molecule has 0 bridgehead atoms. The van der Waals surface area contributed by atoms with E-state index in [9.17, 15) is 4.79 Å². The summed E-state index contributed by atoms with van der Waals surface area (Å²) in [6.07, 6.45) is 0. The molecule has 176 valence electrons. The van der Waals surface area contributed by atoms with E-state index in [-0.39, 0.29) is 5.91 Å². The van der Waals surface area contributed by atoms with Crippen molar-refractivity contribution in [3.8, 4) is 34.5 Å². The number of carbonyl (C=O) groups is 1. The highest BCUT2D eigenvalue weighted by atomic mass is 16.5. The average Bonchev–Trinajstić information content (AvgIpc) is 3.27. The van der Waals surface area contributed by atoms with E-state index in [1.54, 1.807) is 77.6 Å². The Morgan fingerprint density at radius 3 is 2.21 bits per heavy atom. The minimum absolute atomic E-state index is 0.288. The van der Waals surface area contributed by atoms with Crippen molar-refractivity contribution in [2.75, 3.05) is 26.6 Å². The Labute approximate surface area is 197 Å². The summed E-state index contributed by atoms with van der Waals surface area (Å²) in [6, 6.07) is 18.0. The molecule has 4 aromatic rings. The summed E-state index contributed by atoms with van der Waals surface area (Å²) in [5.41, 5.74) is 1.31. The lowest BCUT2D eigenvalue weighted by molar-refractivity contribution is -0.128. The van der Waals surface area contributed by atoms with E-state index < -0.39 is 5.60 Å². The maximum absolute atomic E-state index is 12.9. The minimum Gasteiger partial charge on any atom is -0.493 e. The number of benzene rings is 3. The minimum atomic E-state index is -1.08. The molecule has 0 aliphatic carbocycles. The van der Waals surface area contributed by atoms with Gasteiger partial charge in [0.05, 0.1) is 21.3 Å². The summed E-state index contributed by atoms with van der Waals surface area (Å²) in [6.45, 7) is 3.43. The first-order valence-electron chi connectivity index (χ1n) is 10.6. The topological polar surface area (TPSA) is 92.1 Å². The van der Waals surface area contributed by atoms with Crippen molar-refractivity contribution in [2.45, 2.75) is 19.4 Å². The van der Waals surface area contributed by atoms with Crippen molar-refractivity contribution >= 4 is 22.7 Å². The SMILES string of the molecule is COc1cc(-c2nc3cc(NC(=O)C(C)(C)Oc4ccccc4)ccc3o2)cc(OC)c1OC. The van der Waals surface area contributed by atoms with Gasteiger partial charge >= 0.3 is 0 Å². The number of ether oxygens (including phenoxy) is 4. The molecule has 3 aromatic carbocycles. The molecule has 0 saturated heterocycles. The predicted octanol–water partition coefficient (Wildman–Crippen LogP) is 5.32. The Balaban J connectivity index is 1.59. The summed E-state index contributed by atoms with van der Waals surface area (Å²) in [7, 11) is 4.64. The van der Waals surface area contributed by atoms with E-state index in [1.165, 1.54) is 0 Å². The van der Waals surface area contributed by atoms with Gasteiger partial charge in [0.1, 0.15) is 11.3 Å². The Kier molecular flexibility index (Phi) is 6.32. The zero-order valence-corrected chi connectivity index (χ0v) is 19.7. The fourth-order valence-electron chi connectivity index (χ4n) is 3.44. The van der Waals surface area contributed by atoms with Gasteiger partial charge in [0.25, 0.3) is 5.91 Å². The zero-order chi connectivity index (χ0) is 24.3. The van der Waals surface area contributed by atoms with Gasteiger partial charge in [-0.3, -0.25) is 4.79 Å². The van der Waals surface area contributed by atoms with Crippen LogP contribution in [0, 0.1) is 0 Å². The van der Waals surface area contributed by atoms with Crippen LogP contribution in [0.4, 0.5) is 5.69 Å². The second kappa shape index (κ2) is 9.35. The van der Waals surface area contributed by atoms with Crippen LogP contribution in [0.1, 0.15) is 13.8 Å². The summed E-state index contributed by atoms with van der Waals surface area (Å²) >= 11 is 0. The Hall–Kier alpha value is -4.20. The van der Waals surface area contributed by atoms with Crippen molar-refractivity contribution in [2.24, 2.45) is 0 Å². The van der Waals surface area contributed by atoms with E-state index in [4.69, 9.17) is 23.4 Å². The first-order chi connectivity index (χ1) is 16.3. The van der Waals surface area contributed by atoms with Crippen molar-refractivity contribution in [1.82, 2.24) is 4.98 Å². The third-order valence-corrected chi connectivity index (χ3v) is 5.22. The normalized spacial score (nSPS) is 11.2. The van der Waals surface area contributed by atoms with E-state index in [0.717, 1.165) is 0 Å². The zero-order valence-electron chi connectivity index (χ0n) is 19.7. The van der Waals surface area contributed by atoms with E-state index in [1.807, 2.05) is 18.2 Å². The van der Waals surface area contributed by atoms with E-state index in [0.29, 0.717) is 51.2 Å². The lowest BCUT2D eigenvalue weighted by Crippen LogP contribution is -2.42. The lowest BCUT2D eigenvalue weighted by atomic mass is 10.1. The number of fused-ring (bicyclic) bond motifs is 1. The van der Waals surface area contributed by atoms with Crippen molar-refractivity contribution in [3.05, 3.63) is 60.7 Å². The highest BCUT2D eigenvalue weighted by Crippen LogP contribution is 2.41. The van der Waals surface area contributed by atoms with Crippen molar-refractivity contribution in [1.29, 1.82) is 0 Å². The fraction of sp³-hybridized carbons (Fsp3) is 0.231. The van der Waals surface area contributed by atoms with Gasteiger partial charge in [0.15, 0.2) is 22.7 Å². The quantitative estimate of drug-likeness (QED) is 0.379. The molecule has 1 heterocycles. The number of methoxy groups -OCH3 is 3. The van der Waals surface area contributed by atoms with E-state index in [2.05, 4.69) is 10.3 Å². The van der Waals surface area contributed by atoms with Crippen LogP contribution >= 0.6 is 0 Å². The number of carbonyl (C=O) groups excluding carboxylic acids is 1. The van der Waals surface area contributed by atoms with Crippen LogP contribution in [-0.2, 0) is 4.79 Å². The predicted molar refractivity (Wildman–Crippen MR) is 129 cm³/mol. The number of nitrogens with one attached hydrogen (secondary N) is 1. The molecule has 34 heavy (non-hydrogen) atoms. The molecule has 0 aliphatic heterocycles. The maximum atomic E-state index is 12.9. The van der Waals surface area contributed by atoms with Crippen LogP contribution in [0.2, 0.25) is 0 Å². The molecule has 1 amide bonds. The highest BCUT2D eigenvalue weighted by Gasteiger charge is 2.30. The maximum Gasteiger partial charge on any atom is 0.267 e. The molecule has 4 rings (SSSR count). The first-order valence-corrected chi connectivity index (χ1v) is 10.6. The number of amides is 1. The fourth-order valence-corrected chi connectivity index (χ4v) is 3.44. The molecule has 0 saturated carbocycles. The van der Waals surface area contributed by atoms with Crippen LogP contribution in [0.3, 0.4) is 0 Å². The van der Waals surface area contributed by atoms with Crippen LogP contribution in [0.25, 0.3) is 22.6 Å². The molecule has 0 radical (unpaired) electrons. The molecule has 0 fully saturated rings. The third-order valence-electron chi connectivity index (χ3n) is 5.22. The molecular formula is C26H26N2O6. The molecule has 0 atom stereocenters. The standard InChI is InChI=1S/C26H26N2O6/c1-26(2,34-18-9-7-6-8-10-18)25(29)27-17-11-12-20-19(15-17)28-24(33-20)16-13-21(30-3)23(32-5)22(14-16)31-4/h6-15H,1-5H3,(H,27,29). The number of hydrogen-bond donors (Lipinski definition) is 1. The number of hydrogen-bond acceptors (Lipinski definition) is 7. The summed E-state index contributed by atoms with van der Waals surface area (Å²) in [4.78, 5) is 17.5. The van der Waals surface area contributed by atoms with Crippen molar-refractivity contribution < 1.29 is 28.2 Å². The number of nitrogens with zero attached hydrogens (tertiary/aromatic N) is 1. The van der Waals surface area contributed by atoms with Crippen LogP contribution in [-0.4, -0.2) is 37.8 Å². The molecule has 0 aliphatic rings. The number of aromatic nitrogens is 1. The van der Waals surface area contributed by atoms with Crippen LogP contribution in [0.15, 0.2) is 65.1 Å².